The number of carbonyl (C=O) groups is 1. The van der Waals surface area contributed by atoms with E-state index >= 15 is 0 Å². The molecule has 2 aromatic rings. The van der Waals surface area contributed by atoms with Crippen molar-refractivity contribution in [1.82, 2.24) is 4.98 Å². The highest BCUT2D eigenvalue weighted by molar-refractivity contribution is 5.74. The Morgan fingerprint density at radius 2 is 1.88 bits per heavy atom. The lowest BCUT2D eigenvalue weighted by Gasteiger charge is -2.02. The average Bonchev–Trinajstić information content (AvgIpc) is 2.32. The van der Waals surface area contributed by atoms with E-state index in [1.807, 2.05) is 6.07 Å². The Balaban J connectivity index is 2.20. The van der Waals surface area contributed by atoms with Crippen molar-refractivity contribution in [3.05, 3.63) is 65.0 Å². The highest BCUT2D eigenvalue weighted by Gasteiger charge is 1.98. The third-order valence-electron chi connectivity index (χ3n) is 2.48. The van der Waals surface area contributed by atoms with Gasteiger partial charge in [-0.05, 0) is 30.5 Å². The molecule has 2 nitrogen and oxygen atoms in total. The Bertz CT molecular complexity index is 488. The summed E-state index contributed by atoms with van der Waals surface area (Å²) in [6, 6.07) is 10.3. The van der Waals surface area contributed by atoms with Crippen LogP contribution in [0.2, 0.25) is 0 Å². The van der Waals surface area contributed by atoms with Gasteiger partial charge in [-0.25, -0.2) is 0 Å². The summed E-state index contributed by atoms with van der Waals surface area (Å²) >= 11 is 0. The van der Waals surface area contributed by atoms with Crippen LogP contribution in [0.15, 0.2) is 42.7 Å². The van der Waals surface area contributed by atoms with E-state index in [0.717, 1.165) is 18.3 Å². The van der Waals surface area contributed by atoms with Crippen molar-refractivity contribution in [2.24, 2.45) is 0 Å². The Hall–Kier alpha value is -1.96. The maximum Gasteiger partial charge on any atom is 0.151 e. The van der Waals surface area contributed by atoms with Crippen LogP contribution in [0.4, 0.5) is 0 Å². The molecule has 1 heterocycles. The molecule has 1 aromatic heterocycles. The number of nitrogens with zero attached hydrogens (tertiary/aromatic N) is 1. The smallest absolute Gasteiger partial charge is 0.151 e. The lowest BCUT2D eigenvalue weighted by molar-refractivity contribution is 0.112. The van der Waals surface area contributed by atoms with Crippen molar-refractivity contribution < 1.29 is 4.79 Å². The largest absolute Gasteiger partial charge is 0.298 e. The Kier molecular flexibility index (Phi) is 3.10. The molecule has 0 N–H and O–H groups in total. The fourth-order valence-electron chi connectivity index (χ4n) is 1.61. The monoisotopic (exact) mass is 211 g/mol. The maximum atomic E-state index is 10.6. The predicted molar refractivity (Wildman–Crippen MR) is 63.6 cm³/mol. The topological polar surface area (TPSA) is 30.0 Å². The van der Waals surface area contributed by atoms with Crippen molar-refractivity contribution >= 4 is 6.29 Å². The van der Waals surface area contributed by atoms with Crippen molar-refractivity contribution in [1.29, 1.82) is 0 Å². The zero-order valence-electron chi connectivity index (χ0n) is 9.18. The summed E-state index contributed by atoms with van der Waals surface area (Å²) in [5.41, 5.74) is 4.18. The summed E-state index contributed by atoms with van der Waals surface area (Å²) in [7, 11) is 0. The molecule has 0 fully saturated rings. The van der Waals surface area contributed by atoms with E-state index in [1.54, 1.807) is 12.4 Å². The minimum Gasteiger partial charge on any atom is -0.298 e. The molecular weight excluding hydrogens is 198 g/mol. The van der Waals surface area contributed by atoms with Gasteiger partial charge >= 0.3 is 0 Å². The number of rotatable bonds is 3. The van der Waals surface area contributed by atoms with E-state index in [1.165, 1.54) is 11.1 Å². The SMILES string of the molecule is Cc1ccc(Cc2cncc(C=O)c2)cc1. The summed E-state index contributed by atoms with van der Waals surface area (Å²) in [6.07, 6.45) is 5.01. The number of hydrogen-bond donors (Lipinski definition) is 0. The number of aromatic nitrogens is 1. The molecule has 0 atom stereocenters. The molecule has 2 heteroatoms. The van der Waals surface area contributed by atoms with Gasteiger partial charge in [0.15, 0.2) is 6.29 Å². The number of carbonyl (C=O) groups excluding carboxylic acids is 1. The van der Waals surface area contributed by atoms with Crippen LogP contribution in [0.3, 0.4) is 0 Å². The Labute approximate surface area is 95.0 Å². The van der Waals surface area contributed by atoms with Crippen LogP contribution in [-0.2, 0) is 6.42 Å². The van der Waals surface area contributed by atoms with E-state index < -0.39 is 0 Å². The predicted octanol–water partition coefficient (Wildman–Crippen LogP) is 2.79. The summed E-state index contributed by atoms with van der Waals surface area (Å²) < 4.78 is 0. The number of benzene rings is 1. The number of aldehydes is 1. The molecule has 0 saturated heterocycles. The highest BCUT2D eigenvalue weighted by Crippen LogP contribution is 2.10. The minimum atomic E-state index is 0.629. The van der Waals surface area contributed by atoms with Gasteiger partial charge in [-0.3, -0.25) is 9.78 Å². The van der Waals surface area contributed by atoms with Crippen molar-refractivity contribution in [2.45, 2.75) is 13.3 Å². The summed E-state index contributed by atoms with van der Waals surface area (Å²) in [4.78, 5) is 14.7. The molecule has 0 spiro atoms. The Morgan fingerprint density at radius 1 is 1.12 bits per heavy atom. The van der Waals surface area contributed by atoms with Gasteiger partial charge in [0.2, 0.25) is 0 Å². The lowest BCUT2D eigenvalue weighted by Crippen LogP contribution is -1.92. The molecule has 0 aliphatic rings. The average molecular weight is 211 g/mol. The molecule has 0 radical (unpaired) electrons. The van der Waals surface area contributed by atoms with Crippen LogP contribution in [-0.4, -0.2) is 11.3 Å². The normalized spacial score (nSPS) is 10.1. The van der Waals surface area contributed by atoms with Crippen LogP contribution in [0.1, 0.15) is 27.0 Å². The first kappa shape index (κ1) is 10.6. The van der Waals surface area contributed by atoms with E-state index in [0.29, 0.717) is 5.56 Å². The van der Waals surface area contributed by atoms with Gasteiger partial charge in [0.05, 0.1) is 0 Å². The fourth-order valence-corrected chi connectivity index (χ4v) is 1.61. The van der Waals surface area contributed by atoms with Crippen molar-refractivity contribution in [3.8, 4) is 0 Å². The van der Waals surface area contributed by atoms with Crippen LogP contribution in [0.25, 0.3) is 0 Å². The first-order valence-electron chi connectivity index (χ1n) is 5.22. The number of aryl methyl sites for hydroxylation is 1. The van der Waals surface area contributed by atoms with Gasteiger partial charge < -0.3 is 0 Å². The molecule has 2 rings (SSSR count). The standard InChI is InChI=1S/C14H13NO/c1-11-2-4-12(5-3-11)6-13-7-14(10-16)9-15-8-13/h2-5,7-10H,6H2,1H3. The molecule has 80 valence electrons. The second-order valence-electron chi connectivity index (χ2n) is 3.91. The summed E-state index contributed by atoms with van der Waals surface area (Å²) in [5, 5.41) is 0. The zero-order chi connectivity index (χ0) is 11.4. The third kappa shape index (κ3) is 2.54. The molecule has 0 bridgehead atoms. The maximum absolute atomic E-state index is 10.6. The second-order valence-corrected chi connectivity index (χ2v) is 3.91. The van der Waals surface area contributed by atoms with E-state index in [-0.39, 0.29) is 0 Å². The van der Waals surface area contributed by atoms with Gasteiger partial charge in [0.1, 0.15) is 0 Å². The van der Waals surface area contributed by atoms with Gasteiger partial charge in [-0.1, -0.05) is 29.8 Å². The molecule has 0 unspecified atom stereocenters. The van der Waals surface area contributed by atoms with Gasteiger partial charge in [-0.2, -0.15) is 0 Å². The lowest BCUT2D eigenvalue weighted by atomic mass is 10.0. The first-order chi connectivity index (χ1) is 7.78. The summed E-state index contributed by atoms with van der Waals surface area (Å²) in [5.74, 6) is 0. The van der Waals surface area contributed by atoms with Crippen LogP contribution < -0.4 is 0 Å². The van der Waals surface area contributed by atoms with Crippen molar-refractivity contribution in [3.63, 3.8) is 0 Å². The van der Waals surface area contributed by atoms with Crippen molar-refractivity contribution in [2.75, 3.05) is 0 Å². The molecule has 1 aromatic carbocycles. The first-order valence-corrected chi connectivity index (χ1v) is 5.22. The third-order valence-corrected chi connectivity index (χ3v) is 2.48. The zero-order valence-corrected chi connectivity index (χ0v) is 9.18. The fraction of sp³-hybridized carbons (Fsp3) is 0.143. The van der Waals surface area contributed by atoms with Gasteiger partial charge in [-0.15, -0.1) is 0 Å². The van der Waals surface area contributed by atoms with Crippen LogP contribution in [0.5, 0.6) is 0 Å². The second kappa shape index (κ2) is 4.71. The molecule has 0 amide bonds. The number of hydrogen-bond acceptors (Lipinski definition) is 2. The van der Waals surface area contributed by atoms with Crippen LogP contribution in [0, 0.1) is 6.92 Å². The number of pyridine rings is 1. The Morgan fingerprint density at radius 3 is 2.56 bits per heavy atom. The van der Waals surface area contributed by atoms with E-state index in [4.69, 9.17) is 0 Å². The van der Waals surface area contributed by atoms with E-state index in [2.05, 4.69) is 36.2 Å². The summed E-state index contributed by atoms with van der Waals surface area (Å²) in [6.45, 7) is 2.07. The minimum absolute atomic E-state index is 0.629. The van der Waals surface area contributed by atoms with Gasteiger partial charge in [0.25, 0.3) is 0 Å². The van der Waals surface area contributed by atoms with Crippen LogP contribution >= 0.6 is 0 Å². The molecule has 0 aliphatic carbocycles. The molecule has 16 heavy (non-hydrogen) atoms. The quantitative estimate of drug-likeness (QED) is 0.731. The highest BCUT2D eigenvalue weighted by atomic mass is 16.1. The molecule has 0 saturated carbocycles. The molecular formula is C14H13NO. The van der Waals surface area contributed by atoms with Gasteiger partial charge in [0, 0.05) is 18.0 Å². The van der Waals surface area contributed by atoms with E-state index in [9.17, 15) is 4.79 Å². The molecule has 0 aliphatic heterocycles.